The number of hydrogen-bond acceptors (Lipinski definition) is 1. The van der Waals surface area contributed by atoms with Crippen molar-refractivity contribution in [1.82, 2.24) is 9.13 Å². The van der Waals surface area contributed by atoms with E-state index in [-0.39, 0.29) is 6.04 Å². The SMILES string of the molecule is C1=CC(n2c3ccccc3c3cc(-c4ccc5c(c4)c4ccccc4n5-c4ccccc4)ccc32)Cc2c1sc1ccccc21. The first-order valence-electron chi connectivity index (χ1n) is 15.6. The maximum Gasteiger partial charge on any atom is 0.0567 e. The van der Waals surface area contributed by atoms with Crippen LogP contribution in [0.2, 0.25) is 0 Å². The summed E-state index contributed by atoms with van der Waals surface area (Å²) in [4.78, 5) is 1.40. The van der Waals surface area contributed by atoms with Crippen molar-refractivity contribution in [1.29, 1.82) is 0 Å². The molecule has 0 saturated carbocycles. The van der Waals surface area contributed by atoms with Crippen LogP contribution in [-0.2, 0) is 6.42 Å². The van der Waals surface area contributed by atoms with E-state index in [1.165, 1.54) is 81.0 Å². The highest BCUT2D eigenvalue weighted by molar-refractivity contribution is 7.20. The van der Waals surface area contributed by atoms with Gasteiger partial charge in [0.1, 0.15) is 0 Å². The van der Waals surface area contributed by atoms with Crippen molar-refractivity contribution < 1.29 is 0 Å². The topological polar surface area (TPSA) is 9.86 Å². The molecule has 3 aromatic heterocycles. The Labute approximate surface area is 264 Å². The number of rotatable bonds is 3. The van der Waals surface area contributed by atoms with E-state index in [2.05, 4.69) is 161 Å². The Hall–Kier alpha value is -5.38. The Balaban J connectivity index is 1.13. The van der Waals surface area contributed by atoms with Gasteiger partial charge in [-0.05, 0) is 89.2 Å². The monoisotopic (exact) mass is 592 g/mol. The minimum atomic E-state index is 0.268. The third-order valence-corrected chi connectivity index (χ3v) is 10.9. The molecule has 9 aromatic rings. The second-order valence-corrected chi connectivity index (χ2v) is 13.2. The summed E-state index contributed by atoms with van der Waals surface area (Å²) in [7, 11) is 0. The Kier molecular flexibility index (Phi) is 5.31. The zero-order chi connectivity index (χ0) is 29.5. The Morgan fingerprint density at radius 2 is 1.09 bits per heavy atom. The average Bonchev–Trinajstić information content (AvgIpc) is 3.75. The van der Waals surface area contributed by atoms with Crippen molar-refractivity contribution in [3.05, 3.63) is 156 Å². The standard InChI is InChI=1S/C42H28N2S/c1-2-10-29(11-3-1)43-37-15-7-4-12-31(37)34-24-27(18-21-39(34)43)28-19-22-40-35(25-28)32-13-5-8-16-38(32)44(40)30-20-23-42-36(26-30)33-14-6-9-17-41(33)45-42/h1-25,30H,26H2. The molecule has 3 heterocycles. The third-order valence-electron chi connectivity index (χ3n) is 9.67. The molecule has 10 rings (SSSR count). The van der Waals surface area contributed by atoms with Crippen LogP contribution < -0.4 is 0 Å². The Bertz CT molecular complexity index is 2630. The molecule has 212 valence electrons. The van der Waals surface area contributed by atoms with E-state index < -0.39 is 0 Å². The zero-order valence-electron chi connectivity index (χ0n) is 24.5. The summed E-state index contributed by atoms with van der Waals surface area (Å²) in [5.74, 6) is 0. The summed E-state index contributed by atoms with van der Waals surface area (Å²) >= 11 is 1.91. The number of hydrogen-bond donors (Lipinski definition) is 0. The number of thiophene rings is 1. The highest BCUT2D eigenvalue weighted by Crippen LogP contribution is 2.42. The van der Waals surface area contributed by atoms with Gasteiger partial charge in [-0.2, -0.15) is 0 Å². The molecule has 2 nitrogen and oxygen atoms in total. The van der Waals surface area contributed by atoms with Crippen molar-refractivity contribution in [2.24, 2.45) is 0 Å². The lowest BCUT2D eigenvalue weighted by Crippen LogP contribution is -2.12. The molecule has 45 heavy (non-hydrogen) atoms. The van der Waals surface area contributed by atoms with Crippen LogP contribution >= 0.6 is 11.3 Å². The molecule has 0 bridgehead atoms. The van der Waals surface area contributed by atoms with E-state index in [4.69, 9.17) is 0 Å². The Morgan fingerprint density at radius 1 is 0.511 bits per heavy atom. The molecule has 0 saturated heterocycles. The van der Waals surface area contributed by atoms with Crippen LogP contribution in [0.1, 0.15) is 16.5 Å². The first-order valence-corrected chi connectivity index (χ1v) is 16.4. The zero-order valence-corrected chi connectivity index (χ0v) is 25.3. The second kappa shape index (κ2) is 9.56. The first kappa shape index (κ1) is 25.0. The van der Waals surface area contributed by atoms with Gasteiger partial charge in [-0.3, -0.25) is 0 Å². The molecular formula is C42H28N2S. The van der Waals surface area contributed by atoms with Gasteiger partial charge in [0.15, 0.2) is 0 Å². The van der Waals surface area contributed by atoms with Gasteiger partial charge in [0.2, 0.25) is 0 Å². The van der Waals surface area contributed by atoms with Crippen molar-refractivity contribution in [3.63, 3.8) is 0 Å². The number of para-hydroxylation sites is 3. The minimum Gasteiger partial charge on any atom is -0.333 e. The van der Waals surface area contributed by atoms with Crippen LogP contribution in [0.25, 0.3) is 76.6 Å². The molecule has 0 N–H and O–H groups in total. The quantitative estimate of drug-likeness (QED) is 0.193. The van der Waals surface area contributed by atoms with Crippen molar-refractivity contribution in [2.75, 3.05) is 0 Å². The molecule has 1 aliphatic rings. The lowest BCUT2D eigenvalue weighted by molar-refractivity contribution is 0.640. The van der Waals surface area contributed by atoms with Gasteiger partial charge in [-0.15, -0.1) is 11.3 Å². The highest BCUT2D eigenvalue weighted by Gasteiger charge is 2.23. The molecule has 0 radical (unpaired) electrons. The largest absolute Gasteiger partial charge is 0.333 e. The molecule has 1 unspecified atom stereocenters. The molecule has 0 fully saturated rings. The van der Waals surface area contributed by atoms with E-state index in [1.54, 1.807) is 0 Å². The van der Waals surface area contributed by atoms with Crippen molar-refractivity contribution in [2.45, 2.75) is 12.5 Å². The van der Waals surface area contributed by atoms with Gasteiger partial charge in [0.25, 0.3) is 0 Å². The van der Waals surface area contributed by atoms with Crippen LogP contribution in [0.5, 0.6) is 0 Å². The minimum absolute atomic E-state index is 0.268. The number of nitrogens with zero attached hydrogens (tertiary/aromatic N) is 2. The molecular weight excluding hydrogens is 565 g/mol. The molecule has 0 aliphatic heterocycles. The fourth-order valence-corrected chi connectivity index (χ4v) is 8.81. The maximum absolute atomic E-state index is 2.57. The van der Waals surface area contributed by atoms with Crippen LogP contribution in [0.15, 0.2) is 146 Å². The normalized spacial score (nSPS) is 14.7. The molecule has 3 heteroatoms. The van der Waals surface area contributed by atoms with Crippen LogP contribution in [0.4, 0.5) is 0 Å². The van der Waals surface area contributed by atoms with Crippen LogP contribution in [0, 0.1) is 0 Å². The lowest BCUT2D eigenvalue weighted by Gasteiger charge is -2.22. The molecule has 0 amide bonds. The summed E-state index contributed by atoms with van der Waals surface area (Å²) in [5, 5.41) is 6.58. The summed E-state index contributed by atoms with van der Waals surface area (Å²) < 4.78 is 6.32. The fourth-order valence-electron chi connectivity index (χ4n) is 7.66. The average molecular weight is 593 g/mol. The first-order chi connectivity index (χ1) is 22.3. The summed E-state index contributed by atoms with van der Waals surface area (Å²) in [6.45, 7) is 0. The number of aromatic nitrogens is 2. The van der Waals surface area contributed by atoms with Crippen LogP contribution in [-0.4, -0.2) is 9.13 Å². The molecule has 6 aromatic carbocycles. The summed E-state index contributed by atoms with van der Waals surface area (Å²) in [6, 6.07) is 51.5. The third kappa shape index (κ3) is 3.68. The van der Waals surface area contributed by atoms with Gasteiger partial charge in [-0.25, -0.2) is 0 Å². The van der Waals surface area contributed by atoms with E-state index in [0.717, 1.165) is 6.42 Å². The van der Waals surface area contributed by atoms with E-state index in [0.29, 0.717) is 0 Å². The van der Waals surface area contributed by atoms with Gasteiger partial charge >= 0.3 is 0 Å². The maximum atomic E-state index is 2.57. The van der Waals surface area contributed by atoms with E-state index in [9.17, 15) is 0 Å². The van der Waals surface area contributed by atoms with Crippen molar-refractivity contribution >= 4 is 71.1 Å². The second-order valence-electron chi connectivity index (χ2n) is 12.1. The molecule has 1 aliphatic carbocycles. The van der Waals surface area contributed by atoms with E-state index in [1.807, 2.05) is 11.3 Å². The number of benzene rings is 6. The van der Waals surface area contributed by atoms with Crippen molar-refractivity contribution in [3.8, 4) is 16.8 Å². The highest BCUT2D eigenvalue weighted by atomic mass is 32.1. The van der Waals surface area contributed by atoms with Crippen LogP contribution in [0.3, 0.4) is 0 Å². The predicted octanol–water partition coefficient (Wildman–Crippen LogP) is 11.6. The molecule has 1 atom stereocenters. The van der Waals surface area contributed by atoms with Gasteiger partial charge in [0, 0.05) is 47.8 Å². The Morgan fingerprint density at radius 3 is 1.89 bits per heavy atom. The van der Waals surface area contributed by atoms with Gasteiger partial charge in [0.05, 0.1) is 17.1 Å². The number of allylic oxidation sites excluding steroid dienone is 1. The fraction of sp³-hybridized carbons (Fsp3) is 0.0476. The summed E-state index contributed by atoms with van der Waals surface area (Å²) in [6.07, 6.45) is 5.77. The number of fused-ring (bicyclic) bond motifs is 9. The smallest absolute Gasteiger partial charge is 0.0567 e. The van der Waals surface area contributed by atoms with Gasteiger partial charge < -0.3 is 9.13 Å². The predicted molar refractivity (Wildman–Crippen MR) is 193 cm³/mol. The van der Waals surface area contributed by atoms with E-state index >= 15 is 0 Å². The van der Waals surface area contributed by atoms with Gasteiger partial charge in [-0.1, -0.05) is 91.0 Å². The summed E-state index contributed by atoms with van der Waals surface area (Å²) in [5.41, 5.74) is 10.2. The lowest BCUT2D eigenvalue weighted by atomic mass is 9.97. The molecule has 0 spiro atoms.